The summed E-state index contributed by atoms with van der Waals surface area (Å²) in [4.78, 5) is 3.94. The van der Waals surface area contributed by atoms with E-state index in [4.69, 9.17) is 0 Å². The lowest BCUT2D eigenvalue weighted by molar-refractivity contribution is 1.27. The van der Waals surface area contributed by atoms with E-state index in [2.05, 4.69) is 4.98 Å². The highest BCUT2D eigenvalue weighted by atomic mass is 32.1. The van der Waals surface area contributed by atoms with Crippen molar-refractivity contribution in [3.8, 4) is 0 Å². The lowest BCUT2D eigenvalue weighted by Gasteiger charge is -1.69. The Morgan fingerprint density at radius 3 is 1.67 bits per heavy atom. The Labute approximate surface area is 76.7 Å². The van der Waals surface area contributed by atoms with Gasteiger partial charge in [0.1, 0.15) is 0 Å². The van der Waals surface area contributed by atoms with Crippen molar-refractivity contribution < 1.29 is 0 Å². The molecule has 0 spiro atoms. The minimum Gasteiger partial charge on any atom is -0.250 e. The Kier molecular flexibility index (Phi) is 4.09. The van der Waals surface area contributed by atoms with E-state index in [1.54, 1.807) is 11.3 Å². The van der Waals surface area contributed by atoms with Gasteiger partial charge in [0.15, 0.2) is 0 Å². The molecule has 0 aliphatic rings. The summed E-state index contributed by atoms with van der Waals surface area (Å²) in [5.74, 6) is 0. The Bertz CT molecular complexity index is 249. The quantitative estimate of drug-likeness (QED) is 0.602. The molecule has 0 N–H and O–H groups in total. The van der Waals surface area contributed by atoms with Gasteiger partial charge in [0.2, 0.25) is 0 Å². The van der Waals surface area contributed by atoms with E-state index in [0.29, 0.717) is 0 Å². The van der Waals surface area contributed by atoms with E-state index in [9.17, 15) is 0 Å². The normalized spacial score (nSPS) is 8.42. The highest BCUT2D eigenvalue weighted by Crippen LogP contribution is 1.95. The molecule has 12 heavy (non-hydrogen) atoms. The van der Waals surface area contributed by atoms with Gasteiger partial charge in [-0.25, -0.2) is 0 Å². The first kappa shape index (κ1) is 8.94. The predicted octanol–water partition coefficient (Wildman–Crippen LogP) is 3.14. The maximum atomic E-state index is 3.94. The number of thiazole rings is 1. The second-order valence-electron chi connectivity index (χ2n) is 2.28. The van der Waals surface area contributed by atoms with Crippen LogP contribution in [0.15, 0.2) is 47.3 Å². The fraction of sp³-hybridized carbons (Fsp3) is 0.100. The van der Waals surface area contributed by atoms with Gasteiger partial charge in [0, 0.05) is 11.1 Å². The molecule has 0 unspecified atom stereocenters. The molecule has 0 saturated carbocycles. The van der Waals surface area contributed by atoms with Gasteiger partial charge in [-0.3, -0.25) is 4.98 Å². The van der Waals surface area contributed by atoms with Crippen LogP contribution in [0.4, 0.5) is 0 Å². The van der Waals surface area contributed by atoms with E-state index < -0.39 is 0 Å². The molecule has 2 heteroatoms. The summed E-state index contributed by atoms with van der Waals surface area (Å²) in [6.07, 6.45) is 0. The Morgan fingerprint density at radius 1 is 1.00 bits per heavy atom. The first-order valence-electron chi connectivity index (χ1n) is 3.74. The van der Waals surface area contributed by atoms with E-state index in [-0.39, 0.29) is 0 Å². The van der Waals surface area contributed by atoms with Crippen LogP contribution in [0.25, 0.3) is 0 Å². The van der Waals surface area contributed by atoms with Gasteiger partial charge in [-0.05, 0) is 6.92 Å². The van der Waals surface area contributed by atoms with E-state index in [1.165, 1.54) is 0 Å². The van der Waals surface area contributed by atoms with Crippen LogP contribution in [0, 0.1) is 6.92 Å². The van der Waals surface area contributed by atoms with Gasteiger partial charge in [-0.15, -0.1) is 11.3 Å². The lowest BCUT2D eigenvalue weighted by Crippen LogP contribution is -1.59. The fourth-order valence-corrected chi connectivity index (χ4v) is 1.20. The summed E-state index contributed by atoms with van der Waals surface area (Å²) in [5.41, 5.74) is 2.94. The molecule has 0 aliphatic heterocycles. The van der Waals surface area contributed by atoms with Crippen molar-refractivity contribution in [2.24, 2.45) is 0 Å². The highest BCUT2D eigenvalue weighted by Gasteiger charge is 1.76. The second-order valence-corrected chi connectivity index (χ2v) is 3.00. The topological polar surface area (TPSA) is 12.9 Å². The van der Waals surface area contributed by atoms with Crippen molar-refractivity contribution in [1.29, 1.82) is 0 Å². The molecule has 0 fully saturated rings. The summed E-state index contributed by atoms with van der Waals surface area (Å²) < 4.78 is 0. The molecule has 1 aromatic carbocycles. The van der Waals surface area contributed by atoms with Gasteiger partial charge in [0.25, 0.3) is 0 Å². The fourth-order valence-electron chi connectivity index (χ4n) is 0.658. The highest BCUT2D eigenvalue weighted by molar-refractivity contribution is 7.07. The van der Waals surface area contributed by atoms with Crippen molar-refractivity contribution >= 4 is 11.3 Å². The predicted molar refractivity (Wildman–Crippen MR) is 53.3 cm³/mol. The number of hydrogen-bond donors (Lipinski definition) is 0. The Morgan fingerprint density at radius 2 is 1.50 bits per heavy atom. The summed E-state index contributed by atoms with van der Waals surface area (Å²) in [6, 6.07) is 12.0. The van der Waals surface area contributed by atoms with Crippen LogP contribution in [-0.2, 0) is 0 Å². The molecule has 0 saturated heterocycles. The Hall–Kier alpha value is -1.15. The molecular weight excluding hydrogens is 166 g/mol. The molecule has 2 rings (SSSR count). The summed E-state index contributed by atoms with van der Waals surface area (Å²) in [7, 11) is 0. The van der Waals surface area contributed by atoms with Crippen molar-refractivity contribution in [3.05, 3.63) is 53.0 Å². The van der Waals surface area contributed by atoms with E-state index in [0.717, 1.165) is 5.69 Å². The molecule has 0 bridgehead atoms. The summed E-state index contributed by atoms with van der Waals surface area (Å²) in [5, 5.41) is 2.01. The molecule has 1 nitrogen and oxygen atoms in total. The second kappa shape index (κ2) is 5.49. The number of benzene rings is 1. The van der Waals surface area contributed by atoms with Crippen LogP contribution in [0.1, 0.15) is 5.69 Å². The molecule has 2 aromatic rings. The van der Waals surface area contributed by atoms with Crippen LogP contribution in [-0.4, -0.2) is 4.98 Å². The van der Waals surface area contributed by atoms with Crippen LogP contribution in [0.3, 0.4) is 0 Å². The standard InChI is InChI=1S/C6H6.C4H5NS/c1-2-4-6-5-3-1;1-4-2-6-3-5-4/h1-6H;2-3H,1H3. The number of rotatable bonds is 0. The molecule has 0 radical (unpaired) electrons. The average molecular weight is 177 g/mol. The SMILES string of the molecule is Cc1cscn1.c1ccccc1. The zero-order chi connectivity index (χ0) is 8.65. The minimum absolute atomic E-state index is 1.11. The van der Waals surface area contributed by atoms with Crippen molar-refractivity contribution in [1.82, 2.24) is 4.98 Å². The average Bonchev–Trinajstić information content (AvgIpc) is 2.60. The third-order valence-electron chi connectivity index (χ3n) is 1.22. The lowest BCUT2D eigenvalue weighted by atomic mass is 10.4. The molecule has 1 heterocycles. The van der Waals surface area contributed by atoms with Crippen molar-refractivity contribution in [2.75, 3.05) is 0 Å². The van der Waals surface area contributed by atoms with Gasteiger partial charge >= 0.3 is 0 Å². The maximum Gasteiger partial charge on any atom is 0.0794 e. The van der Waals surface area contributed by atoms with Gasteiger partial charge in [-0.1, -0.05) is 36.4 Å². The molecule has 0 aliphatic carbocycles. The molecule has 0 amide bonds. The molecular formula is C10H11NS. The van der Waals surface area contributed by atoms with Gasteiger partial charge in [0.05, 0.1) is 5.51 Å². The number of nitrogens with zero attached hydrogens (tertiary/aromatic N) is 1. The van der Waals surface area contributed by atoms with Crippen LogP contribution in [0.5, 0.6) is 0 Å². The maximum absolute atomic E-state index is 3.94. The zero-order valence-corrected chi connectivity index (χ0v) is 7.79. The first-order valence-corrected chi connectivity index (χ1v) is 4.68. The molecule has 62 valence electrons. The zero-order valence-electron chi connectivity index (χ0n) is 6.97. The van der Waals surface area contributed by atoms with Crippen LogP contribution in [0.2, 0.25) is 0 Å². The van der Waals surface area contributed by atoms with E-state index in [1.807, 2.05) is 54.2 Å². The summed E-state index contributed by atoms with van der Waals surface area (Å²) >= 11 is 1.63. The number of hydrogen-bond acceptors (Lipinski definition) is 2. The Balaban J connectivity index is 0.000000120. The largest absolute Gasteiger partial charge is 0.250 e. The van der Waals surface area contributed by atoms with Crippen molar-refractivity contribution in [3.63, 3.8) is 0 Å². The first-order chi connectivity index (χ1) is 5.89. The smallest absolute Gasteiger partial charge is 0.0794 e. The molecule has 1 aromatic heterocycles. The third kappa shape index (κ3) is 3.88. The minimum atomic E-state index is 1.11. The van der Waals surface area contributed by atoms with Gasteiger partial charge in [-0.2, -0.15) is 0 Å². The van der Waals surface area contributed by atoms with Crippen molar-refractivity contribution in [2.45, 2.75) is 6.92 Å². The van der Waals surface area contributed by atoms with E-state index >= 15 is 0 Å². The van der Waals surface area contributed by atoms with Crippen LogP contribution < -0.4 is 0 Å². The third-order valence-corrected chi connectivity index (χ3v) is 1.93. The number of aromatic nitrogens is 1. The van der Waals surface area contributed by atoms with Gasteiger partial charge < -0.3 is 0 Å². The summed E-state index contributed by atoms with van der Waals surface area (Å²) in [6.45, 7) is 1.98. The number of aryl methyl sites for hydroxylation is 1. The van der Waals surface area contributed by atoms with Crippen LogP contribution >= 0.6 is 11.3 Å². The molecule has 0 atom stereocenters. The monoisotopic (exact) mass is 177 g/mol.